The number of aryl methyl sites for hydroxylation is 1. The first-order chi connectivity index (χ1) is 14.5. The fourth-order valence-corrected chi connectivity index (χ4v) is 4.67. The number of rotatable bonds is 5. The van der Waals surface area contributed by atoms with E-state index in [1.165, 1.54) is 11.3 Å². The number of hydrogen-bond acceptors (Lipinski definition) is 6. The quantitative estimate of drug-likeness (QED) is 0.762. The van der Waals surface area contributed by atoms with Crippen molar-refractivity contribution in [1.29, 1.82) is 0 Å². The summed E-state index contributed by atoms with van der Waals surface area (Å²) in [6.07, 6.45) is 2.21. The molecule has 0 unspecified atom stereocenters. The average molecular weight is 448 g/mol. The molecule has 2 aliphatic rings. The van der Waals surface area contributed by atoms with Gasteiger partial charge >= 0.3 is 0 Å². The van der Waals surface area contributed by atoms with E-state index in [0.717, 1.165) is 37.2 Å². The van der Waals surface area contributed by atoms with E-state index < -0.39 is 0 Å². The van der Waals surface area contributed by atoms with Crippen molar-refractivity contribution in [2.24, 2.45) is 0 Å². The first-order valence-corrected chi connectivity index (χ1v) is 11.5. The van der Waals surface area contributed by atoms with E-state index in [1.807, 2.05) is 34.9 Å². The van der Waals surface area contributed by atoms with Gasteiger partial charge in [0, 0.05) is 55.4 Å². The number of thiazole rings is 1. The zero-order valence-corrected chi connectivity index (χ0v) is 18.6. The van der Waals surface area contributed by atoms with Crippen molar-refractivity contribution in [3.8, 4) is 0 Å². The molecule has 2 aromatic rings. The summed E-state index contributed by atoms with van der Waals surface area (Å²) in [5, 5.41) is 6.35. The summed E-state index contributed by atoms with van der Waals surface area (Å²) < 4.78 is 0. The van der Waals surface area contributed by atoms with Crippen molar-refractivity contribution in [3.63, 3.8) is 0 Å². The van der Waals surface area contributed by atoms with Crippen LogP contribution < -0.4 is 5.32 Å². The number of likely N-dealkylation sites (tertiary alicyclic amines) is 1. The number of carbonyl (C=O) groups is 2. The zero-order valence-electron chi connectivity index (χ0n) is 17.1. The van der Waals surface area contributed by atoms with E-state index in [2.05, 4.69) is 15.2 Å². The Morgan fingerprint density at radius 1 is 1.10 bits per heavy atom. The van der Waals surface area contributed by atoms with Crippen molar-refractivity contribution in [1.82, 2.24) is 19.7 Å². The molecule has 7 nitrogen and oxygen atoms in total. The number of carbonyl (C=O) groups excluding carboxylic acids is 2. The highest BCUT2D eigenvalue weighted by molar-refractivity contribution is 7.14. The van der Waals surface area contributed by atoms with Crippen LogP contribution in [0.25, 0.3) is 0 Å². The maximum atomic E-state index is 12.9. The lowest BCUT2D eigenvalue weighted by Crippen LogP contribution is -2.51. The molecule has 2 amide bonds. The van der Waals surface area contributed by atoms with E-state index in [-0.39, 0.29) is 11.8 Å². The van der Waals surface area contributed by atoms with E-state index >= 15 is 0 Å². The summed E-state index contributed by atoms with van der Waals surface area (Å²) in [4.78, 5) is 35.6. The Hall–Kier alpha value is -2.16. The van der Waals surface area contributed by atoms with Gasteiger partial charge in [0.25, 0.3) is 5.91 Å². The monoisotopic (exact) mass is 447 g/mol. The molecule has 0 aliphatic carbocycles. The van der Waals surface area contributed by atoms with E-state index in [1.54, 1.807) is 5.38 Å². The molecule has 3 heterocycles. The first kappa shape index (κ1) is 21.1. The van der Waals surface area contributed by atoms with E-state index in [9.17, 15) is 9.59 Å². The Kier molecular flexibility index (Phi) is 6.55. The molecule has 0 saturated carbocycles. The molecule has 9 heteroatoms. The molecule has 30 heavy (non-hydrogen) atoms. The molecule has 0 spiro atoms. The lowest BCUT2D eigenvalue weighted by molar-refractivity contribution is -0.131. The normalized spacial score (nSPS) is 17.4. The smallest absolute Gasteiger partial charge is 0.273 e. The van der Waals surface area contributed by atoms with E-state index in [0.29, 0.717) is 48.6 Å². The fourth-order valence-electron chi connectivity index (χ4n) is 3.80. The summed E-state index contributed by atoms with van der Waals surface area (Å²) in [5.41, 5.74) is 2.39. The molecule has 0 radical (unpaired) electrons. The minimum Gasteiger partial charge on any atom is -0.342 e. The summed E-state index contributed by atoms with van der Waals surface area (Å²) in [6.45, 7) is 6.85. The van der Waals surface area contributed by atoms with Crippen molar-refractivity contribution in [2.75, 3.05) is 51.1 Å². The number of anilines is 2. The first-order valence-electron chi connectivity index (χ1n) is 10.3. The van der Waals surface area contributed by atoms with Crippen LogP contribution in [0.15, 0.2) is 23.6 Å². The Labute approximate surface area is 185 Å². The van der Waals surface area contributed by atoms with Crippen LogP contribution in [0.3, 0.4) is 0 Å². The molecule has 1 N–H and O–H groups in total. The highest BCUT2D eigenvalue weighted by atomic mass is 35.5. The number of halogens is 1. The number of piperazine rings is 1. The maximum absolute atomic E-state index is 12.9. The Morgan fingerprint density at radius 3 is 2.57 bits per heavy atom. The Morgan fingerprint density at radius 2 is 1.83 bits per heavy atom. The van der Waals surface area contributed by atoms with Crippen molar-refractivity contribution < 1.29 is 9.59 Å². The molecule has 0 atom stereocenters. The predicted octanol–water partition coefficient (Wildman–Crippen LogP) is 3.23. The van der Waals surface area contributed by atoms with Gasteiger partial charge in [-0.3, -0.25) is 14.5 Å². The van der Waals surface area contributed by atoms with Crippen LogP contribution in [-0.2, 0) is 4.79 Å². The van der Waals surface area contributed by atoms with Gasteiger partial charge in [-0.15, -0.1) is 11.3 Å². The largest absolute Gasteiger partial charge is 0.342 e. The van der Waals surface area contributed by atoms with Gasteiger partial charge in [-0.2, -0.15) is 0 Å². The second kappa shape index (κ2) is 9.32. The fraction of sp³-hybridized carbons (Fsp3) is 0.476. The van der Waals surface area contributed by atoms with Gasteiger partial charge in [0.1, 0.15) is 5.69 Å². The highest BCUT2D eigenvalue weighted by Crippen LogP contribution is 2.26. The van der Waals surface area contributed by atoms with Crippen molar-refractivity contribution in [3.05, 3.63) is 39.9 Å². The molecule has 2 fully saturated rings. The van der Waals surface area contributed by atoms with Crippen molar-refractivity contribution in [2.45, 2.75) is 19.8 Å². The summed E-state index contributed by atoms with van der Waals surface area (Å²) >= 11 is 7.48. The van der Waals surface area contributed by atoms with Gasteiger partial charge in [-0.05, 0) is 37.5 Å². The molecule has 160 valence electrons. The molecule has 2 saturated heterocycles. The molecule has 1 aromatic carbocycles. The second-order valence-electron chi connectivity index (χ2n) is 7.78. The van der Waals surface area contributed by atoms with Gasteiger partial charge in [0.15, 0.2) is 5.13 Å². The third kappa shape index (κ3) is 4.94. The van der Waals surface area contributed by atoms with Crippen LogP contribution in [0.4, 0.5) is 10.8 Å². The van der Waals surface area contributed by atoms with Gasteiger partial charge < -0.3 is 15.1 Å². The van der Waals surface area contributed by atoms with Crippen LogP contribution in [0, 0.1) is 6.92 Å². The number of hydrogen-bond donors (Lipinski definition) is 1. The van der Waals surface area contributed by atoms with Gasteiger partial charge in [0.2, 0.25) is 5.91 Å². The number of nitrogens with one attached hydrogen (secondary N) is 1. The van der Waals surface area contributed by atoms with Crippen LogP contribution >= 0.6 is 22.9 Å². The third-order valence-corrected chi connectivity index (χ3v) is 6.63. The highest BCUT2D eigenvalue weighted by Gasteiger charge is 2.26. The Balaban J connectivity index is 1.30. The second-order valence-corrected chi connectivity index (χ2v) is 9.07. The Bertz CT molecular complexity index is 920. The average Bonchev–Trinajstić information content (AvgIpc) is 3.43. The third-order valence-electron chi connectivity index (χ3n) is 5.64. The number of amides is 2. The van der Waals surface area contributed by atoms with Gasteiger partial charge in [-0.1, -0.05) is 17.7 Å². The molecule has 1 aromatic heterocycles. The predicted molar refractivity (Wildman–Crippen MR) is 120 cm³/mol. The minimum absolute atomic E-state index is 0.0624. The summed E-state index contributed by atoms with van der Waals surface area (Å²) in [6, 6.07) is 5.64. The maximum Gasteiger partial charge on any atom is 0.273 e. The van der Waals surface area contributed by atoms with Crippen LogP contribution in [-0.4, -0.2) is 77.3 Å². The lowest BCUT2D eigenvalue weighted by atomic mass is 10.2. The number of aromatic nitrogens is 1. The van der Waals surface area contributed by atoms with Crippen LogP contribution in [0.2, 0.25) is 5.02 Å². The summed E-state index contributed by atoms with van der Waals surface area (Å²) in [5.74, 6) is 0.145. The van der Waals surface area contributed by atoms with E-state index in [4.69, 9.17) is 11.6 Å². The molecular weight excluding hydrogens is 422 g/mol. The topological polar surface area (TPSA) is 68.8 Å². The van der Waals surface area contributed by atoms with Crippen LogP contribution in [0.5, 0.6) is 0 Å². The minimum atomic E-state index is -0.0624. The zero-order chi connectivity index (χ0) is 21.1. The summed E-state index contributed by atoms with van der Waals surface area (Å²) in [7, 11) is 0. The molecule has 4 rings (SSSR count). The SMILES string of the molecule is Cc1ccc(Cl)cc1Nc1nc(C(=O)N2CCN(CC(=O)N3CCCC3)CC2)cs1. The standard InChI is InChI=1S/C21H26ClN5O2S/c1-15-4-5-16(22)12-17(15)23-21-24-18(14-30-21)20(29)27-10-8-25(9-11-27)13-19(28)26-6-2-3-7-26/h4-5,12,14H,2-3,6-11,13H2,1H3,(H,23,24). The molecular formula is C21H26ClN5O2S. The molecule has 2 aliphatic heterocycles. The van der Waals surface area contributed by atoms with Crippen LogP contribution in [0.1, 0.15) is 28.9 Å². The molecule has 0 bridgehead atoms. The van der Waals surface area contributed by atoms with Gasteiger partial charge in [-0.25, -0.2) is 4.98 Å². The number of nitrogens with zero attached hydrogens (tertiary/aromatic N) is 4. The lowest BCUT2D eigenvalue weighted by Gasteiger charge is -2.34. The van der Waals surface area contributed by atoms with Crippen molar-refractivity contribution >= 4 is 45.6 Å². The van der Waals surface area contributed by atoms with Gasteiger partial charge in [0.05, 0.1) is 6.54 Å². The number of benzene rings is 1.